The molecule has 9 heteroatoms. The fraction of sp³-hybridized carbons (Fsp3) is 0.412. The SMILES string of the molecule is Cc1cn([C@H]2C[C@H](N=[N+]=[N-])[C@@H](CC(O)c3ccccc3)O2)c(=O)[nH]c1=O. The van der Waals surface area contributed by atoms with Gasteiger partial charge in [-0.1, -0.05) is 35.4 Å². The van der Waals surface area contributed by atoms with Gasteiger partial charge in [-0.2, -0.15) is 0 Å². The summed E-state index contributed by atoms with van der Waals surface area (Å²) in [6.07, 6.45) is -0.0881. The van der Waals surface area contributed by atoms with Crippen molar-refractivity contribution in [3.05, 3.63) is 78.9 Å². The van der Waals surface area contributed by atoms with Crippen LogP contribution in [0.25, 0.3) is 10.4 Å². The zero-order valence-electron chi connectivity index (χ0n) is 14.1. The van der Waals surface area contributed by atoms with E-state index in [1.54, 1.807) is 19.1 Å². The predicted octanol–water partition coefficient (Wildman–Crippen LogP) is 1.94. The van der Waals surface area contributed by atoms with Crippen LogP contribution in [-0.4, -0.2) is 26.8 Å². The third kappa shape index (κ3) is 3.70. The first kappa shape index (κ1) is 17.9. The molecule has 1 aromatic heterocycles. The van der Waals surface area contributed by atoms with Crippen molar-refractivity contribution in [2.24, 2.45) is 5.11 Å². The van der Waals surface area contributed by atoms with Gasteiger partial charge in [-0.15, -0.1) is 0 Å². The van der Waals surface area contributed by atoms with Crippen LogP contribution in [0.4, 0.5) is 0 Å². The Balaban J connectivity index is 1.83. The highest BCUT2D eigenvalue weighted by Crippen LogP contribution is 2.35. The zero-order valence-corrected chi connectivity index (χ0v) is 14.1. The normalized spacial score (nSPS) is 23.4. The summed E-state index contributed by atoms with van der Waals surface area (Å²) in [6, 6.07) is 8.58. The summed E-state index contributed by atoms with van der Waals surface area (Å²) >= 11 is 0. The minimum atomic E-state index is -0.787. The molecule has 2 N–H and O–H groups in total. The Bertz CT molecular complexity index is 932. The van der Waals surface area contributed by atoms with Gasteiger partial charge < -0.3 is 9.84 Å². The lowest BCUT2D eigenvalue weighted by atomic mass is 9.99. The summed E-state index contributed by atoms with van der Waals surface area (Å²) in [5, 5.41) is 14.2. The average molecular weight is 357 g/mol. The summed E-state index contributed by atoms with van der Waals surface area (Å²) in [5.41, 5.74) is 8.88. The summed E-state index contributed by atoms with van der Waals surface area (Å²) in [7, 11) is 0. The lowest BCUT2D eigenvalue weighted by Gasteiger charge is -2.20. The molecule has 2 heterocycles. The molecule has 9 nitrogen and oxygen atoms in total. The number of aliphatic hydroxyl groups is 1. The molecule has 26 heavy (non-hydrogen) atoms. The van der Waals surface area contributed by atoms with Gasteiger partial charge in [0.15, 0.2) is 0 Å². The van der Waals surface area contributed by atoms with E-state index >= 15 is 0 Å². The van der Waals surface area contributed by atoms with Crippen LogP contribution < -0.4 is 11.2 Å². The van der Waals surface area contributed by atoms with Crippen molar-refractivity contribution in [2.75, 3.05) is 0 Å². The van der Waals surface area contributed by atoms with E-state index in [1.807, 2.05) is 18.2 Å². The maximum atomic E-state index is 12.1. The molecule has 0 saturated carbocycles. The Hall–Kier alpha value is -2.87. The van der Waals surface area contributed by atoms with E-state index in [-0.39, 0.29) is 12.8 Å². The number of nitrogens with zero attached hydrogens (tertiary/aromatic N) is 4. The van der Waals surface area contributed by atoms with Gasteiger partial charge in [0, 0.05) is 29.5 Å². The van der Waals surface area contributed by atoms with Crippen LogP contribution in [0, 0.1) is 6.92 Å². The molecule has 1 aliphatic rings. The van der Waals surface area contributed by atoms with Crippen molar-refractivity contribution in [3.63, 3.8) is 0 Å². The molecule has 4 atom stereocenters. The molecule has 1 fully saturated rings. The van der Waals surface area contributed by atoms with Gasteiger partial charge in [0.2, 0.25) is 0 Å². The second-order valence-corrected chi connectivity index (χ2v) is 6.28. The van der Waals surface area contributed by atoms with Gasteiger partial charge in [0.25, 0.3) is 5.56 Å². The number of hydrogen-bond acceptors (Lipinski definition) is 5. The first-order valence-corrected chi connectivity index (χ1v) is 8.24. The lowest BCUT2D eigenvalue weighted by molar-refractivity contribution is -0.0254. The molecular formula is C17H19N5O4. The van der Waals surface area contributed by atoms with Gasteiger partial charge in [-0.05, 0) is 18.0 Å². The lowest BCUT2D eigenvalue weighted by Crippen LogP contribution is -2.33. The standard InChI is InChI=1S/C17H19N5O4/c1-10-9-22(17(25)19-16(10)24)15-7-12(20-21-18)14(26-15)8-13(23)11-5-3-2-4-6-11/h2-6,9,12-15,23H,7-8H2,1H3,(H,19,24,25)/t12-,13?,14+,15+/m0/s1. The quantitative estimate of drug-likeness (QED) is 0.480. The predicted molar refractivity (Wildman–Crippen MR) is 93.5 cm³/mol. The second kappa shape index (κ2) is 7.57. The van der Waals surface area contributed by atoms with Gasteiger partial charge in [0.1, 0.15) is 6.23 Å². The fourth-order valence-electron chi connectivity index (χ4n) is 3.12. The van der Waals surface area contributed by atoms with Crippen molar-refractivity contribution in [1.82, 2.24) is 9.55 Å². The van der Waals surface area contributed by atoms with E-state index in [1.165, 1.54) is 10.8 Å². The van der Waals surface area contributed by atoms with Crippen LogP contribution in [-0.2, 0) is 4.74 Å². The monoisotopic (exact) mass is 357 g/mol. The maximum absolute atomic E-state index is 12.1. The zero-order chi connectivity index (χ0) is 18.7. The summed E-state index contributed by atoms with van der Waals surface area (Å²) in [6.45, 7) is 1.59. The van der Waals surface area contributed by atoms with Crippen LogP contribution in [0.5, 0.6) is 0 Å². The maximum Gasteiger partial charge on any atom is 0.330 e. The number of aliphatic hydroxyl groups excluding tert-OH is 1. The molecule has 1 unspecified atom stereocenters. The van der Waals surface area contributed by atoms with E-state index in [9.17, 15) is 14.7 Å². The average Bonchev–Trinajstić information content (AvgIpc) is 3.01. The molecule has 0 bridgehead atoms. The van der Waals surface area contributed by atoms with Crippen LogP contribution in [0.1, 0.15) is 36.3 Å². The number of aryl methyl sites for hydroxylation is 1. The highest BCUT2D eigenvalue weighted by Gasteiger charge is 2.37. The molecule has 0 aliphatic carbocycles. The number of hydrogen-bond donors (Lipinski definition) is 2. The number of rotatable bonds is 5. The molecule has 0 amide bonds. The van der Waals surface area contributed by atoms with Crippen LogP contribution >= 0.6 is 0 Å². The molecule has 3 rings (SSSR count). The topological polar surface area (TPSA) is 133 Å². The molecule has 0 spiro atoms. The molecule has 136 valence electrons. The smallest absolute Gasteiger partial charge is 0.330 e. The number of aromatic nitrogens is 2. The first-order chi connectivity index (χ1) is 12.5. The Labute approximate surface area is 148 Å². The molecule has 1 saturated heterocycles. The Morgan fingerprint density at radius 1 is 1.42 bits per heavy atom. The number of aromatic amines is 1. The molecule has 1 aliphatic heterocycles. The van der Waals surface area contributed by atoms with Crippen molar-refractivity contribution >= 4 is 0 Å². The number of benzene rings is 1. The van der Waals surface area contributed by atoms with Crippen LogP contribution in [0.2, 0.25) is 0 Å². The Morgan fingerprint density at radius 2 is 2.15 bits per heavy atom. The van der Waals surface area contributed by atoms with Crippen molar-refractivity contribution < 1.29 is 9.84 Å². The highest BCUT2D eigenvalue weighted by molar-refractivity contribution is 5.17. The fourth-order valence-corrected chi connectivity index (χ4v) is 3.12. The number of ether oxygens (including phenoxy) is 1. The van der Waals surface area contributed by atoms with Crippen molar-refractivity contribution in [1.29, 1.82) is 0 Å². The molecule has 2 aromatic rings. The first-order valence-electron chi connectivity index (χ1n) is 8.24. The van der Waals surface area contributed by atoms with Gasteiger partial charge >= 0.3 is 5.69 Å². The third-order valence-corrected chi connectivity index (χ3v) is 4.50. The van der Waals surface area contributed by atoms with E-state index in [0.29, 0.717) is 5.56 Å². The van der Waals surface area contributed by atoms with Crippen molar-refractivity contribution in [3.8, 4) is 0 Å². The third-order valence-electron chi connectivity index (χ3n) is 4.50. The van der Waals surface area contributed by atoms with Crippen LogP contribution in [0.3, 0.4) is 0 Å². The van der Waals surface area contributed by atoms with E-state index in [4.69, 9.17) is 10.3 Å². The van der Waals surface area contributed by atoms with Crippen LogP contribution in [0.15, 0.2) is 51.2 Å². The van der Waals surface area contributed by atoms with Gasteiger partial charge in [0.05, 0.1) is 18.2 Å². The minimum Gasteiger partial charge on any atom is -0.388 e. The second-order valence-electron chi connectivity index (χ2n) is 6.28. The van der Waals surface area contributed by atoms with Gasteiger partial charge in [-0.25, -0.2) is 4.79 Å². The number of nitrogens with one attached hydrogen (secondary N) is 1. The summed E-state index contributed by atoms with van der Waals surface area (Å²) in [5.74, 6) is 0. The Morgan fingerprint density at radius 3 is 2.85 bits per heavy atom. The van der Waals surface area contributed by atoms with E-state index < -0.39 is 35.7 Å². The molecular weight excluding hydrogens is 338 g/mol. The summed E-state index contributed by atoms with van der Waals surface area (Å²) in [4.78, 5) is 28.7. The Kier molecular flexibility index (Phi) is 5.22. The summed E-state index contributed by atoms with van der Waals surface area (Å²) < 4.78 is 7.18. The molecule has 1 aromatic carbocycles. The molecule has 0 radical (unpaired) electrons. The highest BCUT2D eigenvalue weighted by atomic mass is 16.5. The number of H-pyrrole nitrogens is 1. The van der Waals surface area contributed by atoms with Gasteiger partial charge in [-0.3, -0.25) is 14.3 Å². The van der Waals surface area contributed by atoms with E-state index in [2.05, 4.69) is 15.0 Å². The largest absolute Gasteiger partial charge is 0.388 e. The minimum absolute atomic E-state index is 0.223. The van der Waals surface area contributed by atoms with Crippen molar-refractivity contribution in [2.45, 2.75) is 44.2 Å². The number of azide groups is 1. The van der Waals surface area contributed by atoms with E-state index in [0.717, 1.165) is 5.56 Å².